The van der Waals surface area contributed by atoms with Gasteiger partial charge >= 0.3 is 5.97 Å². The quantitative estimate of drug-likeness (QED) is 0.475. The molecule has 0 spiro atoms. The van der Waals surface area contributed by atoms with Crippen LogP contribution in [-0.2, 0) is 9.53 Å². The summed E-state index contributed by atoms with van der Waals surface area (Å²) in [4.78, 5) is 11.0. The lowest BCUT2D eigenvalue weighted by Crippen LogP contribution is -2.31. The van der Waals surface area contributed by atoms with Crippen molar-refractivity contribution in [2.24, 2.45) is 5.92 Å². The van der Waals surface area contributed by atoms with E-state index in [0.29, 0.717) is 5.92 Å². The number of carbonyl (C=O) groups excluding carboxylic acids is 1. The zero-order valence-electron chi connectivity index (χ0n) is 10.5. The molecule has 0 aromatic rings. The standard InChI is InChI=1S/C13H24O2/c1-6-13(7-2,15-12(5)14)10-8-9-11(3)4/h6,11H,1,7-10H2,2-5H3. The van der Waals surface area contributed by atoms with E-state index in [1.165, 1.54) is 6.92 Å². The molecule has 0 saturated carbocycles. The highest BCUT2D eigenvalue weighted by atomic mass is 16.6. The first-order valence-electron chi connectivity index (χ1n) is 5.79. The molecule has 0 bridgehead atoms. The van der Waals surface area contributed by atoms with Crippen molar-refractivity contribution >= 4 is 5.97 Å². The maximum absolute atomic E-state index is 11.0. The van der Waals surface area contributed by atoms with Crippen LogP contribution < -0.4 is 0 Å². The monoisotopic (exact) mass is 212 g/mol. The number of hydrogen-bond donors (Lipinski definition) is 0. The third-order valence-corrected chi connectivity index (χ3v) is 2.70. The first-order valence-corrected chi connectivity index (χ1v) is 5.79. The molecule has 88 valence electrons. The maximum atomic E-state index is 11.0. The minimum absolute atomic E-state index is 0.221. The van der Waals surface area contributed by atoms with Crippen molar-refractivity contribution in [3.8, 4) is 0 Å². The lowest BCUT2D eigenvalue weighted by Gasteiger charge is -2.29. The van der Waals surface area contributed by atoms with Crippen molar-refractivity contribution in [3.63, 3.8) is 0 Å². The second-order valence-electron chi connectivity index (χ2n) is 4.50. The first-order chi connectivity index (χ1) is 6.95. The highest BCUT2D eigenvalue weighted by Crippen LogP contribution is 2.25. The van der Waals surface area contributed by atoms with Crippen molar-refractivity contribution < 1.29 is 9.53 Å². The SMILES string of the molecule is C=CC(CC)(CCCC(C)C)OC(C)=O. The number of rotatable bonds is 7. The van der Waals surface area contributed by atoms with Gasteiger partial charge in [0, 0.05) is 6.92 Å². The zero-order valence-corrected chi connectivity index (χ0v) is 10.5. The first kappa shape index (κ1) is 14.2. The van der Waals surface area contributed by atoms with Crippen LogP contribution in [0.25, 0.3) is 0 Å². The van der Waals surface area contributed by atoms with E-state index < -0.39 is 5.60 Å². The fourth-order valence-electron chi connectivity index (χ4n) is 1.68. The van der Waals surface area contributed by atoms with Gasteiger partial charge in [0.25, 0.3) is 0 Å². The molecular formula is C13H24O2. The molecule has 0 rings (SSSR count). The molecule has 2 nitrogen and oxygen atoms in total. The predicted molar refractivity (Wildman–Crippen MR) is 63.7 cm³/mol. The van der Waals surface area contributed by atoms with E-state index in [4.69, 9.17) is 4.74 Å². The Labute approximate surface area is 93.7 Å². The average Bonchev–Trinajstić information content (AvgIpc) is 2.15. The molecule has 0 aliphatic rings. The van der Waals surface area contributed by atoms with Crippen molar-refractivity contribution in [3.05, 3.63) is 12.7 Å². The van der Waals surface area contributed by atoms with Crippen molar-refractivity contribution in [1.29, 1.82) is 0 Å². The Morgan fingerprint density at radius 1 is 1.53 bits per heavy atom. The maximum Gasteiger partial charge on any atom is 0.303 e. The van der Waals surface area contributed by atoms with Gasteiger partial charge in [-0.1, -0.05) is 33.8 Å². The van der Waals surface area contributed by atoms with E-state index in [1.807, 2.05) is 6.92 Å². The number of carbonyl (C=O) groups is 1. The van der Waals surface area contributed by atoms with Crippen LogP contribution in [0.4, 0.5) is 0 Å². The van der Waals surface area contributed by atoms with Gasteiger partial charge < -0.3 is 4.74 Å². The molecule has 0 aliphatic carbocycles. The Bertz CT molecular complexity index is 209. The summed E-state index contributed by atoms with van der Waals surface area (Å²) >= 11 is 0. The van der Waals surface area contributed by atoms with Crippen LogP contribution >= 0.6 is 0 Å². The van der Waals surface area contributed by atoms with Gasteiger partial charge in [0.2, 0.25) is 0 Å². The highest BCUT2D eigenvalue weighted by molar-refractivity contribution is 5.66. The lowest BCUT2D eigenvalue weighted by atomic mass is 9.91. The summed E-state index contributed by atoms with van der Waals surface area (Å²) in [6.07, 6.45) is 5.69. The topological polar surface area (TPSA) is 26.3 Å². The van der Waals surface area contributed by atoms with Crippen molar-refractivity contribution in [2.45, 2.75) is 59.0 Å². The van der Waals surface area contributed by atoms with Crippen molar-refractivity contribution in [2.75, 3.05) is 0 Å². The van der Waals surface area contributed by atoms with E-state index >= 15 is 0 Å². The second-order valence-corrected chi connectivity index (χ2v) is 4.50. The fourth-order valence-corrected chi connectivity index (χ4v) is 1.68. The Balaban J connectivity index is 4.24. The van der Waals surface area contributed by atoms with E-state index in [1.54, 1.807) is 6.08 Å². The number of esters is 1. The van der Waals surface area contributed by atoms with E-state index in [2.05, 4.69) is 20.4 Å². The molecule has 1 unspecified atom stereocenters. The molecule has 0 N–H and O–H groups in total. The predicted octanol–water partition coefficient (Wildman–Crippen LogP) is 3.71. The molecule has 0 radical (unpaired) electrons. The van der Waals surface area contributed by atoms with Gasteiger partial charge in [-0.25, -0.2) is 0 Å². The van der Waals surface area contributed by atoms with Gasteiger partial charge in [0.05, 0.1) is 0 Å². The normalized spacial score (nSPS) is 14.7. The van der Waals surface area contributed by atoms with Crippen LogP contribution in [0.1, 0.15) is 53.4 Å². The van der Waals surface area contributed by atoms with Gasteiger partial charge in [-0.05, 0) is 31.3 Å². The third-order valence-electron chi connectivity index (χ3n) is 2.70. The summed E-state index contributed by atoms with van der Waals surface area (Å²) in [6.45, 7) is 11.7. The van der Waals surface area contributed by atoms with Crippen LogP contribution in [0.15, 0.2) is 12.7 Å². The summed E-state index contributed by atoms with van der Waals surface area (Å²) in [5.41, 5.74) is -0.444. The van der Waals surface area contributed by atoms with E-state index in [-0.39, 0.29) is 5.97 Å². The average molecular weight is 212 g/mol. The van der Waals surface area contributed by atoms with Crippen LogP contribution in [0, 0.1) is 5.92 Å². The fraction of sp³-hybridized carbons (Fsp3) is 0.769. The smallest absolute Gasteiger partial charge is 0.303 e. The Morgan fingerprint density at radius 3 is 2.47 bits per heavy atom. The summed E-state index contributed by atoms with van der Waals surface area (Å²) in [6, 6.07) is 0. The van der Waals surface area contributed by atoms with E-state index in [0.717, 1.165) is 25.7 Å². The van der Waals surface area contributed by atoms with Gasteiger partial charge in [-0.2, -0.15) is 0 Å². The van der Waals surface area contributed by atoms with Gasteiger partial charge in [-0.15, -0.1) is 0 Å². The summed E-state index contributed by atoms with van der Waals surface area (Å²) in [7, 11) is 0. The molecule has 0 fully saturated rings. The zero-order chi connectivity index (χ0) is 11.9. The summed E-state index contributed by atoms with van der Waals surface area (Å²) in [5, 5.41) is 0. The van der Waals surface area contributed by atoms with Crippen LogP contribution in [0.5, 0.6) is 0 Å². The lowest BCUT2D eigenvalue weighted by molar-refractivity contribution is -0.153. The van der Waals surface area contributed by atoms with Crippen LogP contribution in [-0.4, -0.2) is 11.6 Å². The molecule has 0 aromatic heterocycles. The molecule has 0 aromatic carbocycles. The molecule has 2 heteroatoms. The van der Waals surface area contributed by atoms with Gasteiger partial charge in [0.1, 0.15) is 5.60 Å². The van der Waals surface area contributed by atoms with Crippen LogP contribution in [0.3, 0.4) is 0 Å². The summed E-state index contributed by atoms with van der Waals surface area (Å²) in [5.74, 6) is 0.475. The molecule has 0 heterocycles. The summed E-state index contributed by atoms with van der Waals surface area (Å²) < 4.78 is 5.36. The van der Waals surface area contributed by atoms with Gasteiger partial charge in [0.15, 0.2) is 0 Å². The second kappa shape index (κ2) is 6.65. The molecule has 1 atom stereocenters. The minimum Gasteiger partial charge on any atom is -0.455 e. The Kier molecular flexibility index (Phi) is 6.30. The minimum atomic E-state index is -0.444. The molecule has 0 amide bonds. The van der Waals surface area contributed by atoms with Gasteiger partial charge in [-0.3, -0.25) is 4.79 Å². The van der Waals surface area contributed by atoms with E-state index in [9.17, 15) is 4.79 Å². The third kappa shape index (κ3) is 5.60. The highest BCUT2D eigenvalue weighted by Gasteiger charge is 2.27. The molecule has 15 heavy (non-hydrogen) atoms. The Hall–Kier alpha value is -0.790. The molecular weight excluding hydrogens is 188 g/mol. The largest absolute Gasteiger partial charge is 0.455 e. The molecule has 0 saturated heterocycles. The molecule has 0 aliphatic heterocycles. The van der Waals surface area contributed by atoms with Crippen molar-refractivity contribution in [1.82, 2.24) is 0 Å². The Morgan fingerprint density at radius 2 is 2.13 bits per heavy atom. The van der Waals surface area contributed by atoms with Crippen LogP contribution in [0.2, 0.25) is 0 Å². The number of ether oxygens (including phenoxy) is 1. The number of hydrogen-bond acceptors (Lipinski definition) is 2.